The molecule has 14 heavy (non-hydrogen) atoms. The van der Waals surface area contributed by atoms with E-state index in [0.717, 1.165) is 19.4 Å². The van der Waals surface area contributed by atoms with Crippen molar-refractivity contribution >= 4 is 0 Å². The number of aliphatic hydroxyl groups excluding tert-OH is 1. The van der Waals surface area contributed by atoms with Gasteiger partial charge in [-0.15, -0.1) is 0 Å². The van der Waals surface area contributed by atoms with Gasteiger partial charge in [0.1, 0.15) is 0 Å². The number of hydrogen-bond acceptors (Lipinski definition) is 2. The predicted octanol–water partition coefficient (Wildman–Crippen LogP) is 2.50. The van der Waals surface area contributed by atoms with Gasteiger partial charge in [-0.1, -0.05) is 12.8 Å². The molecule has 2 aliphatic rings. The highest BCUT2D eigenvalue weighted by molar-refractivity contribution is 4.76. The molecular formula is C12H22O2. The van der Waals surface area contributed by atoms with Crippen LogP contribution in [0.5, 0.6) is 0 Å². The van der Waals surface area contributed by atoms with Crippen LogP contribution in [0.15, 0.2) is 0 Å². The van der Waals surface area contributed by atoms with Gasteiger partial charge in [-0.25, -0.2) is 0 Å². The molecule has 82 valence electrons. The van der Waals surface area contributed by atoms with Crippen LogP contribution in [0.2, 0.25) is 0 Å². The average Bonchev–Trinajstić information content (AvgIpc) is 2.87. The van der Waals surface area contributed by atoms with E-state index >= 15 is 0 Å². The van der Waals surface area contributed by atoms with E-state index < -0.39 is 0 Å². The van der Waals surface area contributed by atoms with Crippen LogP contribution in [-0.2, 0) is 4.74 Å². The Labute approximate surface area is 86.6 Å². The minimum Gasteiger partial charge on any atom is -0.393 e. The van der Waals surface area contributed by atoms with Crippen molar-refractivity contribution in [3.8, 4) is 0 Å². The van der Waals surface area contributed by atoms with Crippen LogP contribution in [0.1, 0.15) is 51.4 Å². The van der Waals surface area contributed by atoms with E-state index in [0.29, 0.717) is 12.0 Å². The van der Waals surface area contributed by atoms with Gasteiger partial charge in [-0.3, -0.25) is 0 Å². The van der Waals surface area contributed by atoms with E-state index in [9.17, 15) is 5.11 Å². The monoisotopic (exact) mass is 198 g/mol. The largest absolute Gasteiger partial charge is 0.393 e. The first-order valence-electron chi connectivity index (χ1n) is 6.16. The Hall–Kier alpha value is -0.0800. The molecule has 2 unspecified atom stereocenters. The van der Waals surface area contributed by atoms with Crippen LogP contribution in [0.25, 0.3) is 0 Å². The van der Waals surface area contributed by atoms with Crippen molar-refractivity contribution in [3.63, 3.8) is 0 Å². The zero-order chi connectivity index (χ0) is 9.80. The summed E-state index contributed by atoms with van der Waals surface area (Å²) in [5, 5.41) is 9.95. The third kappa shape index (κ3) is 2.71. The molecule has 0 radical (unpaired) electrons. The lowest BCUT2D eigenvalue weighted by Gasteiger charge is -2.19. The van der Waals surface area contributed by atoms with Crippen LogP contribution in [0.4, 0.5) is 0 Å². The van der Waals surface area contributed by atoms with Crippen molar-refractivity contribution in [2.24, 2.45) is 5.92 Å². The highest BCUT2D eigenvalue weighted by Gasteiger charge is 2.24. The van der Waals surface area contributed by atoms with Crippen molar-refractivity contribution in [1.29, 1.82) is 0 Å². The smallest absolute Gasteiger partial charge is 0.0577 e. The van der Waals surface area contributed by atoms with Crippen LogP contribution >= 0.6 is 0 Å². The highest BCUT2D eigenvalue weighted by Crippen LogP contribution is 2.30. The number of ether oxygens (including phenoxy) is 1. The first-order chi connectivity index (χ1) is 6.86. The summed E-state index contributed by atoms with van der Waals surface area (Å²) in [6, 6.07) is 0. The van der Waals surface area contributed by atoms with Crippen molar-refractivity contribution < 1.29 is 9.84 Å². The normalized spacial score (nSPS) is 31.1. The van der Waals surface area contributed by atoms with Gasteiger partial charge in [-0.05, 0) is 44.4 Å². The molecule has 0 amide bonds. The van der Waals surface area contributed by atoms with Gasteiger partial charge in [0, 0.05) is 6.61 Å². The Morgan fingerprint density at radius 1 is 1.14 bits per heavy atom. The van der Waals surface area contributed by atoms with E-state index in [4.69, 9.17) is 4.74 Å². The minimum absolute atomic E-state index is 0.0540. The molecule has 2 fully saturated rings. The molecule has 2 atom stereocenters. The fourth-order valence-electron chi connectivity index (χ4n) is 2.81. The average molecular weight is 198 g/mol. The number of hydrogen-bond donors (Lipinski definition) is 1. The highest BCUT2D eigenvalue weighted by atomic mass is 16.5. The SMILES string of the molecule is OC(CCC1CCCO1)C1CCCC1. The van der Waals surface area contributed by atoms with Crippen LogP contribution in [0.3, 0.4) is 0 Å². The van der Waals surface area contributed by atoms with Gasteiger partial charge in [0.25, 0.3) is 0 Å². The summed E-state index contributed by atoms with van der Waals surface area (Å²) in [5.41, 5.74) is 0. The molecule has 0 aromatic carbocycles. The Balaban J connectivity index is 1.63. The minimum atomic E-state index is -0.0540. The van der Waals surface area contributed by atoms with Crippen LogP contribution < -0.4 is 0 Å². The zero-order valence-electron chi connectivity index (χ0n) is 8.95. The summed E-state index contributed by atoms with van der Waals surface area (Å²) in [4.78, 5) is 0. The summed E-state index contributed by atoms with van der Waals surface area (Å²) >= 11 is 0. The number of rotatable bonds is 4. The second-order valence-electron chi connectivity index (χ2n) is 4.82. The van der Waals surface area contributed by atoms with Gasteiger partial charge in [0.15, 0.2) is 0 Å². The second kappa shape index (κ2) is 5.13. The van der Waals surface area contributed by atoms with E-state index in [1.807, 2.05) is 0 Å². The molecule has 2 heteroatoms. The lowest BCUT2D eigenvalue weighted by atomic mass is 9.95. The molecular weight excluding hydrogens is 176 g/mol. The Morgan fingerprint density at radius 3 is 2.57 bits per heavy atom. The maximum absolute atomic E-state index is 9.95. The van der Waals surface area contributed by atoms with Gasteiger partial charge < -0.3 is 9.84 Å². The lowest BCUT2D eigenvalue weighted by Crippen LogP contribution is -2.19. The van der Waals surface area contributed by atoms with E-state index in [1.54, 1.807) is 0 Å². The van der Waals surface area contributed by atoms with Crippen molar-refractivity contribution in [1.82, 2.24) is 0 Å². The topological polar surface area (TPSA) is 29.5 Å². The Morgan fingerprint density at radius 2 is 1.93 bits per heavy atom. The summed E-state index contributed by atoms with van der Waals surface area (Å²) in [5.74, 6) is 0.594. The quantitative estimate of drug-likeness (QED) is 0.752. The van der Waals surface area contributed by atoms with Crippen molar-refractivity contribution in [2.45, 2.75) is 63.6 Å². The second-order valence-corrected chi connectivity index (χ2v) is 4.82. The fraction of sp³-hybridized carbons (Fsp3) is 1.00. The van der Waals surface area contributed by atoms with Crippen LogP contribution in [0, 0.1) is 5.92 Å². The molecule has 1 aliphatic heterocycles. The van der Waals surface area contributed by atoms with Gasteiger partial charge in [0.2, 0.25) is 0 Å². The molecule has 1 aliphatic carbocycles. The molecule has 1 saturated heterocycles. The standard InChI is InChI=1S/C12H22O2/c13-12(10-4-1-2-5-10)8-7-11-6-3-9-14-11/h10-13H,1-9H2. The molecule has 1 saturated carbocycles. The van der Waals surface area contributed by atoms with Gasteiger partial charge >= 0.3 is 0 Å². The van der Waals surface area contributed by atoms with Gasteiger partial charge in [0.05, 0.1) is 12.2 Å². The molecule has 1 heterocycles. The molecule has 0 spiro atoms. The van der Waals surface area contributed by atoms with Gasteiger partial charge in [-0.2, -0.15) is 0 Å². The predicted molar refractivity (Wildman–Crippen MR) is 56.2 cm³/mol. The summed E-state index contributed by atoms with van der Waals surface area (Å²) in [6.07, 6.45) is 9.96. The summed E-state index contributed by atoms with van der Waals surface area (Å²) in [6.45, 7) is 0.935. The van der Waals surface area contributed by atoms with E-state index in [-0.39, 0.29) is 6.10 Å². The van der Waals surface area contributed by atoms with E-state index in [2.05, 4.69) is 0 Å². The molecule has 2 nitrogen and oxygen atoms in total. The number of aliphatic hydroxyl groups is 1. The summed E-state index contributed by atoms with van der Waals surface area (Å²) < 4.78 is 5.55. The summed E-state index contributed by atoms with van der Waals surface area (Å²) in [7, 11) is 0. The zero-order valence-corrected chi connectivity index (χ0v) is 8.95. The Bertz CT molecular complexity index is 158. The first kappa shape index (κ1) is 10.4. The Kier molecular flexibility index (Phi) is 3.82. The molecule has 0 aromatic rings. The maximum Gasteiger partial charge on any atom is 0.0577 e. The molecule has 1 N–H and O–H groups in total. The maximum atomic E-state index is 9.95. The van der Waals surface area contributed by atoms with E-state index in [1.165, 1.54) is 38.5 Å². The van der Waals surface area contributed by atoms with Crippen molar-refractivity contribution in [2.75, 3.05) is 6.61 Å². The molecule has 2 rings (SSSR count). The third-order valence-electron chi connectivity index (χ3n) is 3.75. The lowest BCUT2D eigenvalue weighted by molar-refractivity contribution is 0.0602. The fourth-order valence-corrected chi connectivity index (χ4v) is 2.81. The third-order valence-corrected chi connectivity index (χ3v) is 3.75. The van der Waals surface area contributed by atoms with Crippen LogP contribution in [-0.4, -0.2) is 23.9 Å². The molecule has 0 bridgehead atoms. The molecule has 0 aromatic heterocycles. The first-order valence-corrected chi connectivity index (χ1v) is 6.16. The van der Waals surface area contributed by atoms with Crippen molar-refractivity contribution in [3.05, 3.63) is 0 Å².